The average molecular weight is 280 g/mol. The van der Waals surface area contributed by atoms with Gasteiger partial charge >= 0.3 is 0 Å². The van der Waals surface area contributed by atoms with E-state index < -0.39 is 0 Å². The molecule has 0 aromatic heterocycles. The van der Waals surface area contributed by atoms with Gasteiger partial charge in [-0.05, 0) is 50.3 Å². The van der Waals surface area contributed by atoms with Crippen molar-refractivity contribution in [3.8, 4) is 0 Å². The summed E-state index contributed by atoms with van der Waals surface area (Å²) in [5.41, 5.74) is 2.93. The molecule has 106 valence electrons. The molecule has 2 N–H and O–H groups in total. The van der Waals surface area contributed by atoms with Gasteiger partial charge in [0, 0.05) is 29.6 Å². The van der Waals surface area contributed by atoms with Gasteiger partial charge in [-0.15, -0.1) is 0 Å². The third-order valence-corrected chi connectivity index (χ3v) is 4.14. The first-order chi connectivity index (χ1) is 9.08. The Kier molecular flexibility index (Phi) is 6.78. The molecule has 1 aromatic rings. The van der Waals surface area contributed by atoms with Gasteiger partial charge in [0.15, 0.2) is 0 Å². The monoisotopic (exact) mass is 280 g/mol. The Bertz CT molecular complexity index is 421. The Hall–Kier alpha value is -1.16. The van der Waals surface area contributed by atoms with Crippen molar-refractivity contribution in [2.24, 2.45) is 0 Å². The second-order valence-corrected chi connectivity index (χ2v) is 5.93. The summed E-state index contributed by atoms with van der Waals surface area (Å²) in [7, 11) is 0. The molecule has 0 fully saturated rings. The molecule has 0 saturated carbocycles. The van der Waals surface area contributed by atoms with Gasteiger partial charge in [0.2, 0.25) is 0 Å². The van der Waals surface area contributed by atoms with Crippen molar-refractivity contribution in [3.63, 3.8) is 0 Å². The molecule has 0 radical (unpaired) electrons. The fraction of sp³-hybridized carbons (Fsp3) is 0.533. The van der Waals surface area contributed by atoms with Gasteiger partial charge in [-0.3, -0.25) is 4.79 Å². The molecule has 0 aliphatic carbocycles. The van der Waals surface area contributed by atoms with Crippen molar-refractivity contribution in [2.75, 3.05) is 24.7 Å². The summed E-state index contributed by atoms with van der Waals surface area (Å²) in [4.78, 5) is 12.0. The van der Waals surface area contributed by atoms with Crippen molar-refractivity contribution in [1.82, 2.24) is 5.32 Å². The highest BCUT2D eigenvalue weighted by molar-refractivity contribution is 7.99. The minimum absolute atomic E-state index is 0.0134. The van der Waals surface area contributed by atoms with Crippen molar-refractivity contribution >= 4 is 23.4 Å². The summed E-state index contributed by atoms with van der Waals surface area (Å²) in [6.07, 6.45) is 3.09. The maximum atomic E-state index is 12.0. The average Bonchev–Trinajstić information content (AvgIpc) is 2.40. The minimum atomic E-state index is 0.0134. The van der Waals surface area contributed by atoms with E-state index in [-0.39, 0.29) is 5.91 Å². The number of hydrogen-bond acceptors (Lipinski definition) is 3. The van der Waals surface area contributed by atoms with E-state index in [2.05, 4.69) is 30.7 Å². The van der Waals surface area contributed by atoms with Crippen LogP contribution < -0.4 is 10.6 Å². The van der Waals surface area contributed by atoms with Gasteiger partial charge in [-0.25, -0.2) is 0 Å². The highest BCUT2D eigenvalue weighted by atomic mass is 32.2. The normalized spacial score (nSPS) is 12.0. The highest BCUT2D eigenvalue weighted by Gasteiger charge is 2.07. The summed E-state index contributed by atoms with van der Waals surface area (Å²) in [6, 6.07) is 5.78. The van der Waals surface area contributed by atoms with Crippen molar-refractivity contribution in [2.45, 2.75) is 32.4 Å². The molecule has 0 aliphatic rings. The quantitative estimate of drug-likeness (QED) is 0.805. The van der Waals surface area contributed by atoms with Crippen LogP contribution in [0.5, 0.6) is 0 Å². The molecule has 0 bridgehead atoms. The summed E-state index contributed by atoms with van der Waals surface area (Å²) in [6.45, 7) is 7.87. The summed E-state index contributed by atoms with van der Waals surface area (Å²) < 4.78 is 0. The fourth-order valence-corrected chi connectivity index (χ4v) is 2.16. The number of nitrogens with one attached hydrogen (secondary N) is 2. The summed E-state index contributed by atoms with van der Waals surface area (Å²) in [5.74, 6) is 0.0134. The van der Waals surface area contributed by atoms with E-state index in [4.69, 9.17) is 0 Å². The summed E-state index contributed by atoms with van der Waals surface area (Å²) >= 11 is 1.82. The fourth-order valence-electron chi connectivity index (χ4n) is 1.80. The molecule has 0 saturated heterocycles. The number of amides is 1. The Morgan fingerprint density at radius 2 is 2.16 bits per heavy atom. The Morgan fingerprint density at radius 1 is 1.42 bits per heavy atom. The van der Waals surface area contributed by atoms with Crippen LogP contribution in [-0.2, 0) is 0 Å². The molecule has 0 heterocycles. The number of rotatable bonds is 7. The van der Waals surface area contributed by atoms with Crippen LogP contribution in [0.25, 0.3) is 0 Å². The van der Waals surface area contributed by atoms with Gasteiger partial charge in [0.05, 0.1) is 0 Å². The second kappa shape index (κ2) is 8.10. The number of benzene rings is 1. The second-order valence-electron chi connectivity index (χ2n) is 4.65. The van der Waals surface area contributed by atoms with E-state index in [1.807, 2.05) is 36.9 Å². The van der Waals surface area contributed by atoms with Crippen LogP contribution in [-0.4, -0.2) is 30.5 Å². The molecule has 0 aliphatic heterocycles. The summed E-state index contributed by atoms with van der Waals surface area (Å²) in [5, 5.41) is 6.82. The number of carbonyl (C=O) groups is 1. The molecular weight excluding hydrogens is 256 g/mol. The first-order valence-electron chi connectivity index (χ1n) is 6.74. The largest absolute Gasteiger partial charge is 0.385 e. The van der Waals surface area contributed by atoms with Crippen LogP contribution in [0, 0.1) is 6.92 Å². The smallest absolute Gasteiger partial charge is 0.251 e. The molecule has 4 heteroatoms. The molecule has 0 spiro atoms. The zero-order valence-corrected chi connectivity index (χ0v) is 13.1. The lowest BCUT2D eigenvalue weighted by Crippen LogP contribution is -2.26. The number of anilines is 1. The van der Waals surface area contributed by atoms with Crippen LogP contribution >= 0.6 is 11.8 Å². The third kappa shape index (κ3) is 5.15. The number of carbonyl (C=O) groups excluding carboxylic acids is 1. The van der Waals surface area contributed by atoms with E-state index in [0.29, 0.717) is 5.25 Å². The van der Waals surface area contributed by atoms with Crippen molar-refractivity contribution < 1.29 is 4.79 Å². The van der Waals surface area contributed by atoms with Gasteiger partial charge in [0.1, 0.15) is 0 Å². The van der Waals surface area contributed by atoms with Crippen molar-refractivity contribution in [3.05, 3.63) is 29.3 Å². The van der Waals surface area contributed by atoms with E-state index >= 15 is 0 Å². The predicted molar refractivity (Wildman–Crippen MR) is 85.3 cm³/mol. The number of thioether (sulfide) groups is 1. The van der Waals surface area contributed by atoms with E-state index in [0.717, 1.165) is 36.3 Å². The maximum Gasteiger partial charge on any atom is 0.251 e. The van der Waals surface area contributed by atoms with Crippen LogP contribution in [0.1, 0.15) is 36.2 Å². The van der Waals surface area contributed by atoms with E-state index in [1.165, 1.54) is 0 Å². The zero-order chi connectivity index (χ0) is 14.3. The van der Waals surface area contributed by atoms with E-state index in [1.54, 1.807) is 0 Å². The van der Waals surface area contributed by atoms with Gasteiger partial charge in [-0.2, -0.15) is 11.8 Å². The molecule has 19 heavy (non-hydrogen) atoms. The van der Waals surface area contributed by atoms with Crippen LogP contribution in [0.4, 0.5) is 5.69 Å². The Labute approximate surface area is 120 Å². The number of hydrogen-bond donors (Lipinski definition) is 2. The molecule has 1 amide bonds. The predicted octanol–water partition coefficient (Wildman–Crippen LogP) is 3.30. The zero-order valence-electron chi connectivity index (χ0n) is 12.2. The molecule has 1 unspecified atom stereocenters. The van der Waals surface area contributed by atoms with E-state index in [9.17, 15) is 4.79 Å². The van der Waals surface area contributed by atoms with Gasteiger partial charge < -0.3 is 10.6 Å². The standard InChI is InChI=1S/C15H24N2OS/c1-5-16-14-7-6-13(10-11(14)2)15(18)17-9-8-12(3)19-4/h6-7,10,12,16H,5,8-9H2,1-4H3,(H,17,18). The lowest BCUT2D eigenvalue weighted by molar-refractivity contribution is 0.0953. The highest BCUT2D eigenvalue weighted by Crippen LogP contribution is 2.16. The Morgan fingerprint density at radius 3 is 2.74 bits per heavy atom. The van der Waals surface area contributed by atoms with Crippen molar-refractivity contribution in [1.29, 1.82) is 0 Å². The van der Waals surface area contributed by atoms with Crippen LogP contribution in [0.15, 0.2) is 18.2 Å². The molecule has 3 nitrogen and oxygen atoms in total. The number of aryl methyl sites for hydroxylation is 1. The van der Waals surface area contributed by atoms with Gasteiger partial charge in [-0.1, -0.05) is 6.92 Å². The van der Waals surface area contributed by atoms with Crippen LogP contribution in [0.3, 0.4) is 0 Å². The molecule has 1 rings (SSSR count). The molecular formula is C15H24N2OS. The lowest BCUT2D eigenvalue weighted by Gasteiger charge is -2.11. The first kappa shape index (κ1) is 15.9. The SMILES string of the molecule is CCNc1ccc(C(=O)NCCC(C)SC)cc1C. The Balaban J connectivity index is 2.55. The van der Waals surface area contributed by atoms with Gasteiger partial charge in [0.25, 0.3) is 5.91 Å². The maximum absolute atomic E-state index is 12.0. The third-order valence-electron chi connectivity index (χ3n) is 3.09. The molecule has 1 aromatic carbocycles. The first-order valence-corrected chi connectivity index (χ1v) is 8.02. The molecule has 1 atom stereocenters. The van der Waals surface area contributed by atoms with Crippen LogP contribution in [0.2, 0.25) is 0 Å². The topological polar surface area (TPSA) is 41.1 Å². The minimum Gasteiger partial charge on any atom is -0.385 e. The lowest BCUT2D eigenvalue weighted by atomic mass is 10.1.